The Hall–Kier alpha value is -2.89. The first kappa shape index (κ1) is 15.5. The molecule has 0 aliphatic rings. The Labute approximate surface area is 127 Å². The van der Waals surface area contributed by atoms with Crippen molar-refractivity contribution in [1.29, 1.82) is 0 Å². The van der Waals surface area contributed by atoms with E-state index < -0.39 is 4.92 Å². The summed E-state index contributed by atoms with van der Waals surface area (Å²) in [6, 6.07) is 11.6. The van der Waals surface area contributed by atoms with Gasteiger partial charge in [-0.15, -0.1) is 0 Å². The quantitative estimate of drug-likeness (QED) is 0.679. The predicted molar refractivity (Wildman–Crippen MR) is 83.2 cm³/mol. The standard InChI is InChI=1S/C16H16N2O4/c1-11-7-8-13(18(20)21)10-14(11)17-16(19)9-12-5-3-4-6-15(12)22-2/h3-8,10H,9H2,1-2H3,(H,17,19). The van der Waals surface area contributed by atoms with E-state index in [1.54, 1.807) is 32.2 Å². The lowest BCUT2D eigenvalue weighted by atomic mass is 10.1. The van der Waals surface area contributed by atoms with Crippen LogP contribution in [0.25, 0.3) is 0 Å². The number of nitro benzene ring substituents is 1. The molecule has 0 radical (unpaired) electrons. The van der Waals surface area contributed by atoms with E-state index in [2.05, 4.69) is 5.32 Å². The highest BCUT2D eigenvalue weighted by Crippen LogP contribution is 2.23. The van der Waals surface area contributed by atoms with Crippen molar-refractivity contribution in [2.75, 3.05) is 12.4 Å². The summed E-state index contributed by atoms with van der Waals surface area (Å²) in [6.45, 7) is 1.78. The van der Waals surface area contributed by atoms with Crippen LogP contribution in [0, 0.1) is 17.0 Å². The van der Waals surface area contributed by atoms with Gasteiger partial charge in [-0.1, -0.05) is 24.3 Å². The van der Waals surface area contributed by atoms with Gasteiger partial charge in [0.25, 0.3) is 5.69 Å². The maximum Gasteiger partial charge on any atom is 0.271 e. The molecule has 1 N–H and O–H groups in total. The molecule has 0 unspecified atom stereocenters. The van der Waals surface area contributed by atoms with E-state index in [1.165, 1.54) is 12.1 Å². The number of anilines is 1. The van der Waals surface area contributed by atoms with Gasteiger partial charge in [-0.05, 0) is 18.6 Å². The van der Waals surface area contributed by atoms with Crippen LogP contribution in [0.15, 0.2) is 42.5 Å². The highest BCUT2D eigenvalue weighted by molar-refractivity contribution is 5.93. The van der Waals surface area contributed by atoms with Gasteiger partial charge in [0.1, 0.15) is 5.75 Å². The van der Waals surface area contributed by atoms with Gasteiger partial charge in [-0.2, -0.15) is 0 Å². The summed E-state index contributed by atoms with van der Waals surface area (Å²) < 4.78 is 5.20. The van der Waals surface area contributed by atoms with Gasteiger partial charge in [0.05, 0.1) is 24.1 Å². The Balaban J connectivity index is 2.15. The van der Waals surface area contributed by atoms with Crippen LogP contribution >= 0.6 is 0 Å². The van der Waals surface area contributed by atoms with Crippen LogP contribution in [-0.4, -0.2) is 17.9 Å². The third-order valence-corrected chi connectivity index (χ3v) is 3.25. The van der Waals surface area contributed by atoms with Gasteiger partial charge >= 0.3 is 0 Å². The normalized spacial score (nSPS) is 10.1. The number of aryl methyl sites for hydroxylation is 1. The van der Waals surface area contributed by atoms with E-state index in [1.807, 2.05) is 12.1 Å². The van der Waals surface area contributed by atoms with Crippen molar-refractivity contribution in [2.24, 2.45) is 0 Å². The van der Waals surface area contributed by atoms with Crippen LogP contribution < -0.4 is 10.1 Å². The fraction of sp³-hybridized carbons (Fsp3) is 0.188. The first-order chi connectivity index (χ1) is 10.5. The average molecular weight is 300 g/mol. The van der Waals surface area contributed by atoms with Crippen molar-refractivity contribution in [3.8, 4) is 5.75 Å². The molecule has 0 spiro atoms. The number of benzene rings is 2. The number of carbonyl (C=O) groups is 1. The molecule has 0 atom stereocenters. The predicted octanol–water partition coefficient (Wildman–Crippen LogP) is 3.09. The van der Waals surface area contributed by atoms with E-state index in [-0.39, 0.29) is 18.0 Å². The maximum atomic E-state index is 12.1. The summed E-state index contributed by atoms with van der Waals surface area (Å²) in [5.74, 6) is 0.376. The van der Waals surface area contributed by atoms with Crippen molar-refractivity contribution in [3.05, 3.63) is 63.7 Å². The molecule has 6 heteroatoms. The van der Waals surface area contributed by atoms with E-state index in [9.17, 15) is 14.9 Å². The SMILES string of the molecule is COc1ccccc1CC(=O)Nc1cc([N+](=O)[O-])ccc1C. The number of nitro groups is 1. The second kappa shape index (κ2) is 6.71. The minimum absolute atomic E-state index is 0.0572. The number of amides is 1. The topological polar surface area (TPSA) is 81.5 Å². The van der Waals surface area contributed by atoms with Crippen LogP contribution in [0.2, 0.25) is 0 Å². The third kappa shape index (κ3) is 3.60. The smallest absolute Gasteiger partial charge is 0.271 e. The van der Waals surface area contributed by atoms with Gasteiger partial charge in [-0.25, -0.2) is 0 Å². The van der Waals surface area contributed by atoms with Crippen molar-refractivity contribution in [3.63, 3.8) is 0 Å². The minimum Gasteiger partial charge on any atom is -0.496 e. The Bertz CT molecular complexity index is 713. The molecule has 0 aliphatic carbocycles. The molecule has 6 nitrogen and oxygen atoms in total. The van der Waals surface area contributed by atoms with Crippen LogP contribution in [0.1, 0.15) is 11.1 Å². The second-order valence-corrected chi connectivity index (χ2v) is 4.79. The molecule has 0 saturated heterocycles. The summed E-state index contributed by atoms with van der Waals surface area (Å²) >= 11 is 0. The molecule has 0 fully saturated rings. The van der Waals surface area contributed by atoms with Crippen molar-refractivity contribution < 1.29 is 14.5 Å². The summed E-state index contributed by atoms with van der Waals surface area (Å²) in [4.78, 5) is 22.5. The molecule has 0 bridgehead atoms. The van der Waals surface area contributed by atoms with Gasteiger partial charge < -0.3 is 10.1 Å². The molecule has 114 valence electrons. The number of para-hydroxylation sites is 1. The average Bonchev–Trinajstić information content (AvgIpc) is 2.49. The fourth-order valence-electron chi connectivity index (χ4n) is 2.07. The zero-order valence-electron chi connectivity index (χ0n) is 12.3. The molecule has 0 aliphatic heterocycles. The number of non-ortho nitro benzene ring substituents is 1. The lowest BCUT2D eigenvalue weighted by molar-refractivity contribution is -0.384. The van der Waals surface area contributed by atoms with Gasteiger partial charge in [0.2, 0.25) is 5.91 Å². The number of ether oxygens (including phenoxy) is 1. The number of nitrogens with zero attached hydrogens (tertiary/aromatic N) is 1. The number of methoxy groups -OCH3 is 1. The summed E-state index contributed by atoms with van der Waals surface area (Å²) in [5.41, 5.74) is 1.90. The van der Waals surface area contributed by atoms with Crippen LogP contribution in [0.5, 0.6) is 5.75 Å². The minimum atomic E-state index is -0.491. The summed E-state index contributed by atoms with van der Waals surface area (Å²) in [6.07, 6.45) is 0.131. The van der Waals surface area contributed by atoms with Crippen molar-refractivity contribution in [2.45, 2.75) is 13.3 Å². The van der Waals surface area contributed by atoms with Gasteiger partial charge in [0.15, 0.2) is 0 Å². The lowest BCUT2D eigenvalue weighted by Crippen LogP contribution is -2.15. The van der Waals surface area contributed by atoms with Crippen molar-refractivity contribution in [1.82, 2.24) is 0 Å². The molecule has 22 heavy (non-hydrogen) atoms. The zero-order valence-corrected chi connectivity index (χ0v) is 12.3. The number of carbonyl (C=O) groups excluding carboxylic acids is 1. The summed E-state index contributed by atoms with van der Waals surface area (Å²) in [7, 11) is 1.54. The van der Waals surface area contributed by atoms with E-state index >= 15 is 0 Å². The van der Waals surface area contributed by atoms with Crippen LogP contribution in [0.4, 0.5) is 11.4 Å². The Morgan fingerprint density at radius 1 is 1.27 bits per heavy atom. The van der Waals surface area contributed by atoms with E-state index in [4.69, 9.17) is 4.74 Å². The molecule has 2 rings (SSSR count). The highest BCUT2D eigenvalue weighted by atomic mass is 16.6. The third-order valence-electron chi connectivity index (χ3n) is 3.25. The van der Waals surface area contributed by atoms with Crippen LogP contribution in [0.3, 0.4) is 0 Å². The lowest BCUT2D eigenvalue weighted by Gasteiger charge is -2.10. The molecule has 0 saturated carbocycles. The monoisotopic (exact) mass is 300 g/mol. The number of hydrogen-bond donors (Lipinski definition) is 1. The Kier molecular flexibility index (Phi) is 4.73. The van der Waals surface area contributed by atoms with Crippen LogP contribution in [-0.2, 0) is 11.2 Å². The van der Waals surface area contributed by atoms with Gasteiger partial charge in [0, 0.05) is 17.7 Å². The first-order valence-corrected chi connectivity index (χ1v) is 6.68. The number of rotatable bonds is 5. The van der Waals surface area contributed by atoms with E-state index in [0.29, 0.717) is 11.4 Å². The molecule has 2 aromatic rings. The molecule has 2 aromatic carbocycles. The molecule has 1 amide bonds. The zero-order chi connectivity index (χ0) is 16.1. The molecule has 0 aromatic heterocycles. The fourth-order valence-corrected chi connectivity index (χ4v) is 2.07. The number of hydrogen-bond acceptors (Lipinski definition) is 4. The van der Waals surface area contributed by atoms with E-state index in [0.717, 1.165) is 11.1 Å². The maximum absolute atomic E-state index is 12.1. The first-order valence-electron chi connectivity index (χ1n) is 6.68. The number of nitrogens with one attached hydrogen (secondary N) is 1. The molecular formula is C16H16N2O4. The second-order valence-electron chi connectivity index (χ2n) is 4.79. The highest BCUT2D eigenvalue weighted by Gasteiger charge is 2.13. The van der Waals surface area contributed by atoms with Crippen molar-refractivity contribution >= 4 is 17.3 Å². The molecule has 0 heterocycles. The largest absolute Gasteiger partial charge is 0.496 e. The Morgan fingerprint density at radius 2 is 2.00 bits per heavy atom. The summed E-state index contributed by atoms with van der Waals surface area (Å²) in [5, 5.41) is 13.5. The molecular weight excluding hydrogens is 284 g/mol. The van der Waals surface area contributed by atoms with Gasteiger partial charge in [-0.3, -0.25) is 14.9 Å². The Morgan fingerprint density at radius 3 is 2.68 bits per heavy atom.